The fourth-order valence-corrected chi connectivity index (χ4v) is 3.76. The number of hydrogen-bond acceptors (Lipinski definition) is 5. The molecular formula is C20H22FN3O2S. The molecule has 0 radical (unpaired) electrons. The Morgan fingerprint density at radius 2 is 1.96 bits per heavy atom. The first-order valence-corrected chi connectivity index (χ1v) is 9.47. The average Bonchev–Trinajstić information content (AvgIpc) is 3.07. The van der Waals surface area contributed by atoms with Crippen LogP contribution in [0.5, 0.6) is 5.75 Å². The highest BCUT2D eigenvalue weighted by molar-refractivity contribution is 7.22. The van der Waals surface area contributed by atoms with E-state index in [1.807, 2.05) is 32.3 Å². The maximum Gasteiger partial charge on any atom is 0.263 e. The standard InChI is InChI=1S/C20H22FN3O2S/c1-23(2)11-6-12-24(19(25)15-7-4-5-8-16(15)21)20-22-17-10-9-14(26-3)13-18(17)27-20/h4-5,7-10,13H,6,11-12H2,1-3H3. The molecule has 0 fully saturated rings. The van der Waals surface area contributed by atoms with Gasteiger partial charge in [0, 0.05) is 6.54 Å². The highest BCUT2D eigenvalue weighted by atomic mass is 32.1. The second-order valence-corrected chi connectivity index (χ2v) is 7.43. The van der Waals surface area contributed by atoms with Crippen molar-refractivity contribution >= 4 is 32.6 Å². The fourth-order valence-electron chi connectivity index (χ4n) is 2.74. The molecule has 0 atom stereocenters. The minimum absolute atomic E-state index is 0.0548. The lowest BCUT2D eigenvalue weighted by molar-refractivity contribution is 0.0982. The van der Waals surface area contributed by atoms with E-state index >= 15 is 0 Å². The topological polar surface area (TPSA) is 45.7 Å². The van der Waals surface area contributed by atoms with Crippen LogP contribution in [0.1, 0.15) is 16.8 Å². The van der Waals surface area contributed by atoms with Crippen LogP contribution in [0.25, 0.3) is 10.2 Å². The summed E-state index contributed by atoms with van der Waals surface area (Å²) in [6.45, 7) is 1.28. The lowest BCUT2D eigenvalue weighted by Gasteiger charge is -2.21. The first-order chi connectivity index (χ1) is 13.0. The average molecular weight is 387 g/mol. The van der Waals surface area contributed by atoms with Crippen molar-refractivity contribution in [3.8, 4) is 5.75 Å². The molecule has 0 aliphatic rings. The molecule has 7 heteroatoms. The summed E-state index contributed by atoms with van der Waals surface area (Å²) in [7, 11) is 5.57. The largest absolute Gasteiger partial charge is 0.497 e. The van der Waals surface area contributed by atoms with Crippen LogP contribution in [0.3, 0.4) is 0 Å². The number of fused-ring (bicyclic) bond motifs is 1. The fraction of sp³-hybridized carbons (Fsp3) is 0.300. The summed E-state index contributed by atoms with van der Waals surface area (Å²) in [4.78, 5) is 21.3. The van der Waals surface area contributed by atoms with E-state index in [1.165, 1.54) is 23.5 Å². The number of ether oxygens (including phenoxy) is 1. The molecular weight excluding hydrogens is 365 g/mol. The number of nitrogens with zero attached hydrogens (tertiary/aromatic N) is 3. The Hall–Kier alpha value is -2.51. The van der Waals surface area contributed by atoms with Crippen LogP contribution in [-0.4, -0.2) is 50.1 Å². The van der Waals surface area contributed by atoms with Crippen molar-refractivity contribution < 1.29 is 13.9 Å². The van der Waals surface area contributed by atoms with Crippen LogP contribution in [0.2, 0.25) is 0 Å². The van der Waals surface area contributed by atoms with Gasteiger partial charge in [0.15, 0.2) is 5.13 Å². The number of halogens is 1. The quantitative estimate of drug-likeness (QED) is 0.614. The number of methoxy groups -OCH3 is 1. The smallest absolute Gasteiger partial charge is 0.263 e. The van der Waals surface area contributed by atoms with E-state index in [0.29, 0.717) is 11.7 Å². The van der Waals surface area contributed by atoms with E-state index in [9.17, 15) is 9.18 Å². The first kappa shape index (κ1) is 19.3. The predicted molar refractivity (Wildman–Crippen MR) is 107 cm³/mol. The van der Waals surface area contributed by atoms with Crippen molar-refractivity contribution in [3.63, 3.8) is 0 Å². The van der Waals surface area contributed by atoms with Crippen LogP contribution < -0.4 is 9.64 Å². The number of amides is 1. The van der Waals surface area contributed by atoms with E-state index in [4.69, 9.17) is 4.74 Å². The molecule has 5 nitrogen and oxygen atoms in total. The summed E-state index contributed by atoms with van der Waals surface area (Å²) in [6, 6.07) is 11.6. The lowest BCUT2D eigenvalue weighted by Crippen LogP contribution is -2.34. The van der Waals surface area contributed by atoms with Gasteiger partial charge < -0.3 is 9.64 Å². The van der Waals surface area contributed by atoms with Gasteiger partial charge in [-0.3, -0.25) is 9.69 Å². The van der Waals surface area contributed by atoms with Crippen molar-refractivity contribution in [1.29, 1.82) is 0 Å². The highest BCUT2D eigenvalue weighted by Crippen LogP contribution is 2.32. The third-order valence-corrected chi connectivity index (χ3v) is 5.19. The maximum atomic E-state index is 14.2. The number of aromatic nitrogens is 1. The van der Waals surface area contributed by atoms with Crippen LogP contribution in [0.15, 0.2) is 42.5 Å². The number of carbonyl (C=O) groups excluding carboxylic acids is 1. The minimum atomic E-state index is -0.525. The summed E-state index contributed by atoms with van der Waals surface area (Å²) in [6.07, 6.45) is 0.756. The summed E-state index contributed by atoms with van der Waals surface area (Å²) in [5.74, 6) is -0.168. The Kier molecular flexibility index (Phi) is 6.03. The molecule has 0 N–H and O–H groups in total. The van der Waals surface area contributed by atoms with Crippen molar-refractivity contribution in [2.45, 2.75) is 6.42 Å². The van der Waals surface area contributed by atoms with Gasteiger partial charge in [0.05, 0.1) is 22.9 Å². The van der Waals surface area contributed by atoms with Crippen LogP contribution >= 0.6 is 11.3 Å². The molecule has 142 valence electrons. The Morgan fingerprint density at radius 3 is 2.67 bits per heavy atom. The van der Waals surface area contributed by atoms with Gasteiger partial charge in [-0.05, 0) is 57.4 Å². The molecule has 1 aromatic heterocycles. The molecule has 2 aromatic carbocycles. The normalized spacial score (nSPS) is 11.1. The minimum Gasteiger partial charge on any atom is -0.497 e. The molecule has 0 unspecified atom stereocenters. The summed E-state index contributed by atoms with van der Waals surface area (Å²) < 4.78 is 20.4. The second kappa shape index (κ2) is 8.45. The van der Waals surface area contributed by atoms with E-state index < -0.39 is 5.82 Å². The highest BCUT2D eigenvalue weighted by Gasteiger charge is 2.23. The number of carbonyl (C=O) groups is 1. The van der Waals surface area contributed by atoms with Crippen molar-refractivity contribution in [2.24, 2.45) is 0 Å². The van der Waals surface area contributed by atoms with Crippen LogP contribution in [-0.2, 0) is 0 Å². The number of anilines is 1. The van der Waals surface area contributed by atoms with Crippen molar-refractivity contribution in [1.82, 2.24) is 9.88 Å². The number of thiazole rings is 1. The Balaban J connectivity index is 1.96. The molecule has 0 saturated carbocycles. The van der Waals surface area contributed by atoms with Gasteiger partial charge in [-0.25, -0.2) is 9.37 Å². The number of benzene rings is 2. The van der Waals surface area contributed by atoms with Gasteiger partial charge in [0.1, 0.15) is 11.6 Å². The molecule has 0 aliphatic carbocycles. The Morgan fingerprint density at radius 1 is 1.19 bits per heavy atom. The first-order valence-electron chi connectivity index (χ1n) is 8.65. The monoisotopic (exact) mass is 387 g/mol. The van der Waals surface area contributed by atoms with Gasteiger partial charge in [-0.1, -0.05) is 23.5 Å². The van der Waals surface area contributed by atoms with E-state index in [-0.39, 0.29) is 11.5 Å². The van der Waals surface area contributed by atoms with Crippen LogP contribution in [0, 0.1) is 5.82 Å². The second-order valence-electron chi connectivity index (χ2n) is 6.42. The van der Waals surface area contributed by atoms with Gasteiger partial charge in [0.2, 0.25) is 0 Å². The van der Waals surface area contributed by atoms with Crippen molar-refractivity contribution in [3.05, 3.63) is 53.8 Å². The molecule has 3 aromatic rings. The van der Waals surface area contributed by atoms with Crippen molar-refractivity contribution in [2.75, 3.05) is 39.2 Å². The van der Waals surface area contributed by atoms with E-state index in [0.717, 1.165) is 28.9 Å². The Bertz CT molecular complexity index is 942. The van der Waals surface area contributed by atoms with Gasteiger partial charge in [-0.15, -0.1) is 0 Å². The molecule has 1 amide bonds. The van der Waals surface area contributed by atoms with E-state index in [1.54, 1.807) is 24.1 Å². The zero-order chi connectivity index (χ0) is 19.4. The maximum absolute atomic E-state index is 14.2. The molecule has 1 heterocycles. The molecule has 0 aliphatic heterocycles. The van der Waals surface area contributed by atoms with Gasteiger partial charge in [-0.2, -0.15) is 0 Å². The predicted octanol–water partition coefficient (Wildman–Crippen LogP) is 4.04. The lowest BCUT2D eigenvalue weighted by atomic mass is 10.2. The van der Waals surface area contributed by atoms with E-state index in [2.05, 4.69) is 9.88 Å². The van der Waals surface area contributed by atoms with Crippen LogP contribution in [0.4, 0.5) is 9.52 Å². The molecule has 0 spiro atoms. The number of rotatable bonds is 7. The number of hydrogen-bond donors (Lipinski definition) is 0. The van der Waals surface area contributed by atoms with Gasteiger partial charge in [0.25, 0.3) is 5.91 Å². The third kappa shape index (κ3) is 4.43. The zero-order valence-electron chi connectivity index (χ0n) is 15.6. The zero-order valence-corrected chi connectivity index (χ0v) is 16.4. The molecule has 27 heavy (non-hydrogen) atoms. The Labute approximate surface area is 162 Å². The van der Waals surface area contributed by atoms with Gasteiger partial charge >= 0.3 is 0 Å². The summed E-state index contributed by atoms with van der Waals surface area (Å²) in [5.41, 5.74) is 0.842. The molecule has 3 rings (SSSR count). The SMILES string of the molecule is COc1ccc2nc(N(CCCN(C)C)C(=O)c3ccccc3F)sc2c1. The molecule has 0 bridgehead atoms. The summed E-state index contributed by atoms with van der Waals surface area (Å²) >= 11 is 1.40. The third-order valence-electron chi connectivity index (χ3n) is 4.15. The molecule has 0 saturated heterocycles. The summed E-state index contributed by atoms with van der Waals surface area (Å²) in [5, 5.41) is 0.560.